The Balaban J connectivity index is 1.72. The lowest BCUT2D eigenvalue weighted by molar-refractivity contribution is -0.178. The average molecular weight is 249 g/mol. The quantitative estimate of drug-likeness (QED) is 0.829. The summed E-state index contributed by atoms with van der Waals surface area (Å²) in [4.78, 5) is 14.2. The van der Waals surface area contributed by atoms with Crippen molar-refractivity contribution in [2.75, 3.05) is 13.2 Å². The van der Waals surface area contributed by atoms with Crippen molar-refractivity contribution >= 4 is 0 Å². The van der Waals surface area contributed by atoms with E-state index in [1.54, 1.807) is 0 Å². The number of aromatic amines is 1. The molecule has 1 N–H and O–H groups in total. The number of rotatable bonds is 1. The third-order valence-electron chi connectivity index (χ3n) is 4.14. The van der Waals surface area contributed by atoms with E-state index in [0.717, 1.165) is 44.5 Å². The van der Waals surface area contributed by atoms with Gasteiger partial charge in [-0.15, -0.1) is 0 Å². The summed E-state index contributed by atoms with van der Waals surface area (Å²) in [6, 6.07) is 2.01. The van der Waals surface area contributed by atoms with Crippen LogP contribution < -0.4 is 5.56 Å². The number of nitrogens with one attached hydrogen (secondary N) is 1. The lowest BCUT2D eigenvalue weighted by Gasteiger charge is -2.35. The first-order valence-electron chi connectivity index (χ1n) is 6.66. The summed E-state index contributed by atoms with van der Waals surface area (Å²) in [5.41, 5.74) is 2.04. The molecular formula is C14H19NO3. The van der Waals surface area contributed by atoms with E-state index in [4.69, 9.17) is 9.47 Å². The van der Waals surface area contributed by atoms with Crippen LogP contribution in [0.1, 0.15) is 42.7 Å². The molecule has 0 radical (unpaired) electrons. The molecule has 0 amide bonds. The van der Waals surface area contributed by atoms with Crippen LogP contribution in [0.3, 0.4) is 0 Å². The monoisotopic (exact) mass is 249 g/mol. The topological polar surface area (TPSA) is 51.3 Å². The molecule has 2 heterocycles. The summed E-state index contributed by atoms with van der Waals surface area (Å²) in [7, 11) is 0. The van der Waals surface area contributed by atoms with Gasteiger partial charge in [-0.3, -0.25) is 4.79 Å². The van der Waals surface area contributed by atoms with Crippen molar-refractivity contribution in [3.63, 3.8) is 0 Å². The van der Waals surface area contributed by atoms with E-state index < -0.39 is 0 Å². The highest BCUT2D eigenvalue weighted by Crippen LogP contribution is 2.42. The smallest absolute Gasteiger partial charge is 0.250 e. The fourth-order valence-electron chi connectivity index (χ4n) is 3.03. The Morgan fingerprint density at radius 2 is 1.94 bits per heavy atom. The van der Waals surface area contributed by atoms with Gasteiger partial charge in [0.25, 0.3) is 5.56 Å². The van der Waals surface area contributed by atoms with Crippen LogP contribution in [0.5, 0.6) is 0 Å². The number of hydrogen-bond acceptors (Lipinski definition) is 3. The molecule has 2 aliphatic rings. The van der Waals surface area contributed by atoms with E-state index in [2.05, 4.69) is 4.98 Å². The molecule has 2 fully saturated rings. The van der Waals surface area contributed by atoms with Gasteiger partial charge in [0.2, 0.25) is 0 Å². The van der Waals surface area contributed by atoms with Crippen molar-refractivity contribution in [1.82, 2.24) is 4.98 Å². The van der Waals surface area contributed by atoms with Gasteiger partial charge in [-0.25, -0.2) is 0 Å². The molecule has 0 aromatic carbocycles. The van der Waals surface area contributed by atoms with Gasteiger partial charge in [0.1, 0.15) is 0 Å². The minimum absolute atomic E-state index is 0.00786. The van der Waals surface area contributed by atoms with Crippen molar-refractivity contribution in [1.29, 1.82) is 0 Å². The Morgan fingerprint density at radius 1 is 1.28 bits per heavy atom. The fourth-order valence-corrected chi connectivity index (χ4v) is 3.03. The SMILES string of the molecule is Cc1cc(C2CCC3(CC2)OCCO3)c[nH]c1=O. The van der Waals surface area contributed by atoms with Gasteiger partial charge in [-0.05, 0) is 37.3 Å². The molecule has 1 saturated carbocycles. The number of H-pyrrole nitrogens is 1. The van der Waals surface area contributed by atoms with Gasteiger partial charge in [0.05, 0.1) is 13.2 Å². The zero-order chi connectivity index (χ0) is 12.6. The van der Waals surface area contributed by atoms with Crippen LogP contribution in [0.15, 0.2) is 17.1 Å². The number of aromatic nitrogens is 1. The summed E-state index contributed by atoms with van der Waals surface area (Å²) in [5.74, 6) is 0.215. The second kappa shape index (κ2) is 4.52. The molecular weight excluding hydrogens is 230 g/mol. The highest BCUT2D eigenvalue weighted by atomic mass is 16.7. The predicted octanol–water partition coefficient (Wildman–Crippen LogP) is 2.08. The number of hydrogen-bond donors (Lipinski definition) is 1. The molecule has 0 atom stereocenters. The molecule has 1 aromatic heterocycles. The summed E-state index contributed by atoms with van der Waals surface area (Å²) in [6.07, 6.45) is 5.89. The van der Waals surface area contributed by atoms with Gasteiger partial charge < -0.3 is 14.5 Å². The molecule has 98 valence electrons. The molecule has 18 heavy (non-hydrogen) atoms. The molecule has 1 aliphatic heterocycles. The average Bonchev–Trinajstić information content (AvgIpc) is 2.82. The lowest BCUT2D eigenvalue weighted by atomic mass is 9.81. The van der Waals surface area contributed by atoms with Gasteiger partial charge in [0.15, 0.2) is 5.79 Å². The van der Waals surface area contributed by atoms with Gasteiger partial charge in [-0.1, -0.05) is 0 Å². The molecule has 1 aliphatic carbocycles. The van der Waals surface area contributed by atoms with Crippen LogP contribution >= 0.6 is 0 Å². The normalized spacial score (nSPS) is 23.6. The van der Waals surface area contributed by atoms with Crippen molar-refractivity contribution < 1.29 is 9.47 Å². The molecule has 1 saturated heterocycles. The Morgan fingerprint density at radius 3 is 2.56 bits per heavy atom. The molecule has 4 heteroatoms. The maximum atomic E-state index is 11.4. The molecule has 0 unspecified atom stereocenters. The van der Waals surface area contributed by atoms with E-state index in [0.29, 0.717) is 5.92 Å². The first-order valence-corrected chi connectivity index (χ1v) is 6.66. The molecule has 0 bridgehead atoms. The predicted molar refractivity (Wildman–Crippen MR) is 67.6 cm³/mol. The van der Waals surface area contributed by atoms with Crippen molar-refractivity contribution in [3.05, 3.63) is 33.7 Å². The minimum atomic E-state index is -0.298. The first-order chi connectivity index (χ1) is 8.69. The second-order valence-electron chi connectivity index (χ2n) is 5.33. The lowest BCUT2D eigenvalue weighted by Crippen LogP contribution is -2.34. The fraction of sp³-hybridized carbons (Fsp3) is 0.643. The van der Waals surface area contributed by atoms with E-state index in [-0.39, 0.29) is 11.3 Å². The Kier molecular flexibility index (Phi) is 2.99. The third kappa shape index (κ3) is 2.10. The number of aryl methyl sites for hydroxylation is 1. The van der Waals surface area contributed by atoms with Crippen molar-refractivity contribution in [3.8, 4) is 0 Å². The van der Waals surface area contributed by atoms with E-state index in [1.807, 2.05) is 19.2 Å². The first kappa shape index (κ1) is 11.9. The summed E-state index contributed by atoms with van der Waals surface area (Å²) in [5, 5.41) is 0. The summed E-state index contributed by atoms with van der Waals surface area (Å²) >= 11 is 0. The minimum Gasteiger partial charge on any atom is -0.348 e. The molecule has 1 aromatic rings. The molecule has 1 spiro atoms. The Labute approximate surface area is 106 Å². The third-order valence-corrected chi connectivity index (χ3v) is 4.14. The molecule has 3 rings (SSSR count). The number of pyridine rings is 1. The Bertz CT molecular complexity index is 478. The maximum Gasteiger partial charge on any atom is 0.250 e. The molecule has 4 nitrogen and oxygen atoms in total. The second-order valence-corrected chi connectivity index (χ2v) is 5.33. The van der Waals surface area contributed by atoms with Crippen LogP contribution in [0.25, 0.3) is 0 Å². The zero-order valence-electron chi connectivity index (χ0n) is 10.7. The summed E-state index contributed by atoms with van der Waals surface area (Å²) < 4.78 is 11.5. The largest absolute Gasteiger partial charge is 0.348 e. The Hall–Kier alpha value is -1.13. The van der Waals surface area contributed by atoms with Crippen LogP contribution in [0, 0.1) is 6.92 Å². The van der Waals surface area contributed by atoms with Crippen LogP contribution in [-0.2, 0) is 9.47 Å². The van der Waals surface area contributed by atoms with E-state index in [9.17, 15) is 4.79 Å². The standard InChI is InChI=1S/C14H19NO3/c1-10-8-12(9-15-13(10)16)11-2-4-14(5-3-11)17-6-7-18-14/h8-9,11H,2-7H2,1H3,(H,15,16). The highest BCUT2D eigenvalue weighted by molar-refractivity contribution is 5.21. The number of ether oxygens (including phenoxy) is 2. The summed E-state index contributed by atoms with van der Waals surface area (Å²) in [6.45, 7) is 3.31. The van der Waals surface area contributed by atoms with E-state index in [1.165, 1.54) is 5.56 Å². The van der Waals surface area contributed by atoms with Gasteiger partial charge in [0, 0.05) is 24.6 Å². The maximum absolute atomic E-state index is 11.4. The van der Waals surface area contributed by atoms with Crippen LogP contribution in [0.2, 0.25) is 0 Å². The van der Waals surface area contributed by atoms with Crippen LogP contribution in [0.4, 0.5) is 0 Å². The van der Waals surface area contributed by atoms with Gasteiger partial charge >= 0.3 is 0 Å². The van der Waals surface area contributed by atoms with Crippen molar-refractivity contribution in [2.45, 2.75) is 44.3 Å². The van der Waals surface area contributed by atoms with Gasteiger partial charge in [-0.2, -0.15) is 0 Å². The zero-order valence-corrected chi connectivity index (χ0v) is 10.7. The highest BCUT2D eigenvalue weighted by Gasteiger charge is 2.40. The van der Waals surface area contributed by atoms with Crippen LogP contribution in [-0.4, -0.2) is 24.0 Å². The van der Waals surface area contributed by atoms with E-state index >= 15 is 0 Å². The van der Waals surface area contributed by atoms with Crippen molar-refractivity contribution in [2.24, 2.45) is 0 Å².